The molecule has 0 aliphatic rings. The van der Waals surface area contributed by atoms with Gasteiger partial charge in [-0.05, 0) is 18.3 Å². The van der Waals surface area contributed by atoms with Crippen LogP contribution in [0.25, 0.3) is 0 Å². The second-order valence-corrected chi connectivity index (χ2v) is 4.87. The third kappa shape index (κ3) is 4.02. The van der Waals surface area contributed by atoms with Gasteiger partial charge < -0.3 is 10.4 Å². The Balaban J connectivity index is 2.28. The van der Waals surface area contributed by atoms with Crippen LogP contribution in [0.5, 0.6) is 0 Å². The summed E-state index contributed by atoms with van der Waals surface area (Å²) < 4.78 is 3.91. The molecule has 0 saturated heterocycles. The van der Waals surface area contributed by atoms with Crippen molar-refractivity contribution in [1.82, 2.24) is 9.36 Å². The maximum atomic E-state index is 8.74. The van der Waals surface area contributed by atoms with E-state index < -0.39 is 0 Å². The molecule has 1 heterocycles. The number of aliphatic hydroxyl groups is 1. The lowest BCUT2D eigenvalue weighted by Gasteiger charge is -2.24. The van der Waals surface area contributed by atoms with Crippen LogP contribution in [-0.2, 0) is 0 Å². The molecule has 80 valence electrons. The number of hydrogen-bond acceptors (Lipinski definition) is 5. The molecule has 2 N–H and O–H groups in total. The molecule has 0 unspecified atom stereocenters. The van der Waals surface area contributed by atoms with E-state index in [1.165, 1.54) is 11.5 Å². The summed E-state index contributed by atoms with van der Waals surface area (Å²) in [6.45, 7) is 5.48. The number of hydrogen-bond donors (Lipinski definition) is 2. The van der Waals surface area contributed by atoms with Crippen LogP contribution < -0.4 is 5.32 Å². The molecule has 0 radical (unpaired) electrons. The monoisotopic (exact) mass is 215 g/mol. The molecule has 4 nitrogen and oxygen atoms in total. The van der Waals surface area contributed by atoms with Crippen molar-refractivity contribution in [3.63, 3.8) is 0 Å². The summed E-state index contributed by atoms with van der Waals surface area (Å²) in [6.07, 6.45) is 3.41. The molecule has 0 aliphatic carbocycles. The Morgan fingerprint density at radius 2 is 2.36 bits per heavy atom. The molecule has 1 aromatic rings. The van der Waals surface area contributed by atoms with Gasteiger partial charge in [-0.3, -0.25) is 0 Å². The van der Waals surface area contributed by atoms with Crippen LogP contribution in [-0.4, -0.2) is 27.6 Å². The Labute approximate surface area is 88.6 Å². The summed E-state index contributed by atoms with van der Waals surface area (Å²) in [5.74, 6) is 0. The number of aromatic nitrogens is 2. The molecule has 0 spiro atoms. The highest BCUT2D eigenvalue weighted by Gasteiger charge is 2.17. The SMILES string of the molecule is CC(C)(CCCO)CNc1ncns1. The van der Waals surface area contributed by atoms with Gasteiger partial charge in [-0.15, -0.1) is 0 Å². The van der Waals surface area contributed by atoms with Crippen LogP contribution in [0, 0.1) is 5.41 Å². The molecule has 0 aromatic carbocycles. The highest BCUT2D eigenvalue weighted by atomic mass is 32.1. The van der Waals surface area contributed by atoms with Crippen molar-refractivity contribution < 1.29 is 5.11 Å². The minimum atomic E-state index is 0.189. The normalized spacial score (nSPS) is 11.6. The minimum absolute atomic E-state index is 0.189. The lowest BCUT2D eigenvalue weighted by Crippen LogP contribution is -2.23. The molecule has 1 rings (SSSR count). The van der Waals surface area contributed by atoms with E-state index in [0.717, 1.165) is 24.5 Å². The zero-order chi connectivity index (χ0) is 10.4. The van der Waals surface area contributed by atoms with E-state index in [0.29, 0.717) is 0 Å². The third-order valence-electron chi connectivity index (χ3n) is 2.09. The van der Waals surface area contributed by atoms with Gasteiger partial charge in [0.2, 0.25) is 5.13 Å². The predicted molar refractivity (Wildman–Crippen MR) is 58.5 cm³/mol. The van der Waals surface area contributed by atoms with Gasteiger partial charge in [-0.25, -0.2) is 4.98 Å². The second-order valence-electron chi connectivity index (χ2n) is 4.09. The van der Waals surface area contributed by atoms with E-state index in [2.05, 4.69) is 28.5 Å². The zero-order valence-electron chi connectivity index (χ0n) is 8.66. The number of nitrogens with zero attached hydrogens (tertiary/aromatic N) is 2. The van der Waals surface area contributed by atoms with Gasteiger partial charge in [0.25, 0.3) is 0 Å². The first-order valence-corrected chi connectivity index (χ1v) is 5.53. The van der Waals surface area contributed by atoms with Crippen LogP contribution in [0.2, 0.25) is 0 Å². The van der Waals surface area contributed by atoms with Gasteiger partial charge in [0.05, 0.1) is 0 Å². The molecule has 0 saturated carbocycles. The number of aliphatic hydroxyl groups excluding tert-OH is 1. The van der Waals surface area contributed by atoms with Crippen LogP contribution in [0.4, 0.5) is 5.13 Å². The number of nitrogens with one attached hydrogen (secondary N) is 1. The topological polar surface area (TPSA) is 58.0 Å². The minimum Gasteiger partial charge on any atom is -0.396 e. The first-order valence-electron chi connectivity index (χ1n) is 4.75. The lowest BCUT2D eigenvalue weighted by atomic mass is 9.88. The lowest BCUT2D eigenvalue weighted by molar-refractivity contribution is 0.248. The smallest absolute Gasteiger partial charge is 0.202 e. The molecule has 0 aliphatic heterocycles. The standard InChI is InChI=1S/C9H17N3OS/c1-9(2,4-3-5-13)6-10-8-11-7-12-14-8/h7,13H,3-6H2,1-2H3,(H,10,11,12). The summed E-state index contributed by atoms with van der Waals surface area (Å²) in [4.78, 5) is 4.05. The third-order valence-corrected chi connectivity index (χ3v) is 2.71. The van der Waals surface area contributed by atoms with E-state index in [-0.39, 0.29) is 12.0 Å². The first-order chi connectivity index (χ1) is 6.64. The van der Waals surface area contributed by atoms with Crippen molar-refractivity contribution in [2.75, 3.05) is 18.5 Å². The Bertz CT molecular complexity index is 249. The van der Waals surface area contributed by atoms with E-state index in [9.17, 15) is 0 Å². The van der Waals surface area contributed by atoms with Crippen molar-refractivity contribution in [2.45, 2.75) is 26.7 Å². The molecule has 14 heavy (non-hydrogen) atoms. The maximum absolute atomic E-state index is 8.74. The Morgan fingerprint density at radius 3 is 2.93 bits per heavy atom. The summed E-state index contributed by atoms with van der Waals surface area (Å²) in [5.41, 5.74) is 0.189. The Morgan fingerprint density at radius 1 is 1.57 bits per heavy atom. The van der Waals surface area contributed by atoms with Crippen molar-refractivity contribution in [2.24, 2.45) is 5.41 Å². The van der Waals surface area contributed by atoms with Crippen molar-refractivity contribution in [1.29, 1.82) is 0 Å². The fourth-order valence-electron chi connectivity index (χ4n) is 1.21. The van der Waals surface area contributed by atoms with Crippen molar-refractivity contribution in [3.05, 3.63) is 6.33 Å². The zero-order valence-corrected chi connectivity index (χ0v) is 9.47. The van der Waals surface area contributed by atoms with Crippen LogP contribution >= 0.6 is 11.5 Å². The summed E-state index contributed by atoms with van der Waals surface area (Å²) in [6, 6.07) is 0. The Hall–Kier alpha value is -0.680. The predicted octanol–water partition coefficient (Wildman–Crippen LogP) is 1.75. The number of anilines is 1. The highest BCUT2D eigenvalue weighted by molar-refractivity contribution is 7.09. The number of rotatable bonds is 6. The van der Waals surface area contributed by atoms with Crippen LogP contribution in [0.1, 0.15) is 26.7 Å². The maximum Gasteiger partial charge on any atom is 0.202 e. The summed E-state index contributed by atoms with van der Waals surface area (Å²) >= 11 is 1.37. The average Bonchev–Trinajstić information content (AvgIpc) is 2.64. The molecular formula is C9H17N3OS. The molecule has 0 amide bonds. The molecule has 0 fully saturated rings. The quantitative estimate of drug-likeness (QED) is 0.759. The molecule has 5 heteroatoms. The van der Waals surface area contributed by atoms with Gasteiger partial charge in [0.15, 0.2) is 0 Å². The largest absolute Gasteiger partial charge is 0.396 e. The summed E-state index contributed by atoms with van der Waals surface area (Å²) in [7, 11) is 0. The van der Waals surface area contributed by atoms with E-state index in [4.69, 9.17) is 5.11 Å². The van der Waals surface area contributed by atoms with E-state index in [1.54, 1.807) is 6.33 Å². The first kappa shape index (κ1) is 11.4. The van der Waals surface area contributed by atoms with Gasteiger partial charge in [-0.1, -0.05) is 13.8 Å². The van der Waals surface area contributed by atoms with E-state index in [1.807, 2.05) is 0 Å². The van der Waals surface area contributed by atoms with Crippen LogP contribution in [0.15, 0.2) is 6.33 Å². The van der Waals surface area contributed by atoms with E-state index >= 15 is 0 Å². The van der Waals surface area contributed by atoms with Gasteiger partial charge in [-0.2, -0.15) is 4.37 Å². The van der Waals surface area contributed by atoms with Crippen LogP contribution in [0.3, 0.4) is 0 Å². The Kier molecular flexibility index (Phi) is 4.28. The summed E-state index contributed by atoms with van der Waals surface area (Å²) in [5, 5.41) is 12.8. The fraction of sp³-hybridized carbons (Fsp3) is 0.778. The van der Waals surface area contributed by atoms with Crippen molar-refractivity contribution >= 4 is 16.7 Å². The average molecular weight is 215 g/mol. The van der Waals surface area contributed by atoms with Gasteiger partial charge in [0.1, 0.15) is 6.33 Å². The molecule has 1 aromatic heterocycles. The van der Waals surface area contributed by atoms with Gasteiger partial charge in [0, 0.05) is 24.7 Å². The second kappa shape index (κ2) is 5.26. The van der Waals surface area contributed by atoms with Gasteiger partial charge >= 0.3 is 0 Å². The highest BCUT2D eigenvalue weighted by Crippen LogP contribution is 2.22. The molecular weight excluding hydrogens is 198 g/mol. The molecule has 0 bridgehead atoms. The van der Waals surface area contributed by atoms with Crippen molar-refractivity contribution in [3.8, 4) is 0 Å². The molecule has 0 atom stereocenters. The fourth-order valence-corrected chi connectivity index (χ4v) is 1.64.